The summed E-state index contributed by atoms with van der Waals surface area (Å²) in [7, 11) is 0. The van der Waals surface area contributed by atoms with Crippen LogP contribution in [0.3, 0.4) is 0 Å². The van der Waals surface area contributed by atoms with Crippen LogP contribution in [0.25, 0.3) is 33.4 Å². The van der Waals surface area contributed by atoms with Gasteiger partial charge in [0, 0.05) is 4.47 Å². The SMILES string of the molecule is Brc1cccc(-c2ccccc2-c2ccccc2-c2ccccc2)c1. The molecule has 1 heteroatoms. The molecule has 25 heavy (non-hydrogen) atoms. The number of halogens is 1. The molecule has 0 spiro atoms. The second-order valence-electron chi connectivity index (χ2n) is 5.97. The molecule has 0 aliphatic heterocycles. The van der Waals surface area contributed by atoms with Gasteiger partial charge in [-0.1, -0.05) is 107 Å². The number of hydrogen-bond acceptors (Lipinski definition) is 0. The molecule has 4 aromatic rings. The van der Waals surface area contributed by atoms with Crippen LogP contribution in [0.4, 0.5) is 0 Å². The zero-order chi connectivity index (χ0) is 17.1. The van der Waals surface area contributed by atoms with Gasteiger partial charge in [-0.15, -0.1) is 0 Å². The van der Waals surface area contributed by atoms with Crippen LogP contribution in [0.5, 0.6) is 0 Å². The molecule has 0 aliphatic rings. The molecule has 0 atom stereocenters. The molecular weight excluding hydrogens is 368 g/mol. The minimum Gasteiger partial charge on any atom is -0.0622 e. The van der Waals surface area contributed by atoms with Crippen molar-refractivity contribution in [3.63, 3.8) is 0 Å². The normalized spacial score (nSPS) is 10.6. The molecule has 4 rings (SSSR count). The summed E-state index contributed by atoms with van der Waals surface area (Å²) in [5.74, 6) is 0. The summed E-state index contributed by atoms with van der Waals surface area (Å²) in [6.07, 6.45) is 0. The van der Waals surface area contributed by atoms with E-state index in [4.69, 9.17) is 0 Å². The maximum atomic E-state index is 3.59. The fraction of sp³-hybridized carbons (Fsp3) is 0. The van der Waals surface area contributed by atoms with Gasteiger partial charge in [-0.2, -0.15) is 0 Å². The Kier molecular flexibility index (Phi) is 4.49. The summed E-state index contributed by atoms with van der Waals surface area (Å²) in [4.78, 5) is 0. The van der Waals surface area contributed by atoms with E-state index in [2.05, 4.69) is 119 Å². The monoisotopic (exact) mass is 384 g/mol. The molecule has 120 valence electrons. The van der Waals surface area contributed by atoms with Gasteiger partial charge in [0.25, 0.3) is 0 Å². The van der Waals surface area contributed by atoms with E-state index in [0.29, 0.717) is 0 Å². The van der Waals surface area contributed by atoms with Crippen molar-refractivity contribution in [2.45, 2.75) is 0 Å². The van der Waals surface area contributed by atoms with Crippen LogP contribution in [-0.2, 0) is 0 Å². The van der Waals surface area contributed by atoms with Gasteiger partial charge in [-0.3, -0.25) is 0 Å². The first-order valence-electron chi connectivity index (χ1n) is 8.33. The van der Waals surface area contributed by atoms with Crippen molar-refractivity contribution >= 4 is 15.9 Å². The van der Waals surface area contributed by atoms with Gasteiger partial charge in [0.1, 0.15) is 0 Å². The van der Waals surface area contributed by atoms with Crippen LogP contribution in [0, 0.1) is 0 Å². The van der Waals surface area contributed by atoms with E-state index >= 15 is 0 Å². The van der Waals surface area contributed by atoms with Crippen molar-refractivity contribution < 1.29 is 0 Å². The second kappa shape index (κ2) is 7.08. The maximum Gasteiger partial charge on any atom is 0.0181 e. The third kappa shape index (κ3) is 3.29. The lowest BCUT2D eigenvalue weighted by atomic mass is 9.89. The third-order valence-corrected chi connectivity index (χ3v) is 4.86. The maximum absolute atomic E-state index is 3.59. The van der Waals surface area contributed by atoms with E-state index in [1.54, 1.807) is 0 Å². The van der Waals surface area contributed by atoms with Crippen LogP contribution in [0.2, 0.25) is 0 Å². The van der Waals surface area contributed by atoms with Crippen LogP contribution >= 0.6 is 15.9 Å². The summed E-state index contributed by atoms with van der Waals surface area (Å²) < 4.78 is 1.09. The van der Waals surface area contributed by atoms with Crippen LogP contribution < -0.4 is 0 Å². The molecule has 0 fully saturated rings. The Morgan fingerprint density at radius 1 is 0.400 bits per heavy atom. The summed E-state index contributed by atoms with van der Waals surface area (Å²) in [6.45, 7) is 0. The van der Waals surface area contributed by atoms with E-state index in [1.807, 2.05) is 0 Å². The zero-order valence-electron chi connectivity index (χ0n) is 13.7. The van der Waals surface area contributed by atoms with Gasteiger partial charge < -0.3 is 0 Å². The second-order valence-corrected chi connectivity index (χ2v) is 6.88. The summed E-state index contributed by atoms with van der Waals surface area (Å²) in [6, 6.07) is 36.3. The highest BCUT2D eigenvalue weighted by atomic mass is 79.9. The van der Waals surface area contributed by atoms with Gasteiger partial charge >= 0.3 is 0 Å². The highest BCUT2D eigenvalue weighted by Crippen LogP contribution is 2.38. The first-order chi connectivity index (χ1) is 12.3. The Bertz CT molecular complexity index is 1000. The molecule has 4 aromatic carbocycles. The zero-order valence-corrected chi connectivity index (χ0v) is 15.3. The summed E-state index contributed by atoms with van der Waals surface area (Å²) in [5, 5.41) is 0. The molecule has 0 aromatic heterocycles. The smallest absolute Gasteiger partial charge is 0.0181 e. The highest BCUT2D eigenvalue weighted by molar-refractivity contribution is 9.10. The number of hydrogen-bond donors (Lipinski definition) is 0. The van der Waals surface area contributed by atoms with Crippen molar-refractivity contribution in [3.8, 4) is 33.4 Å². The molecule has 0 radical (unpaired) electrons. The van der Waals surface area contributed by atoms with E-state index in [-0.39, 0.29) is 0 Å². The molecular formula is C24H17Br. The first-order valence-corrected chi connectivity index (χ1v) is 9.12. The lowest BCUT2D eigenvalue weighted by Crippen LogP contribution is -1.88. The van der Waals surface area contributed by atoms with E-state index in [1.165, 1.54) is 33.4 Å². The minimum atomic E-state index is 1.09. The van der Waals surface area contributed by atoms with E-state index in [9.17, 15) is 0 Å². The number of rotatable bonds is 3. The molecule has 0 amide bonds. The van der Waals surface area contributed by atoms with Gasteiger partial charge in [0.15, 0.2) is 0 Å². The Morgan fingerprint density at radius 3 is 1.48 bits per heavy atom. The van der Waals surface area contributed by atoms with Gasteiger partial charge in [-0.25, -0.2) is 0 Å². The van der Waals surface area contributed by atoms with Gasteiger partial charge in [-0.05, 0) is 45.5 Å². The fourth-order valence-corrected chi connectivity index (χ4v) is 3.61. The van der Waals surface area contributed by atoms with Crippen LogP contribution in [-0.4, -0.2) is 0 Å². The molecule has 0 saturated heterocycles. The predicted molar refractivity (Wildman–Crippen MR) is 110 cm³/mol. The van der Waals surface area contributed by atoms with E-state index in [0.717, 1.165) is 4.47 Å². The van der Waals surface area contributed by atoms with Crippen molar-refractivity contribution in [2.24, 2.45) is 0 Å². The highest BCUT2D eigenvalue weighted by Gasteiger charge is 2.11. The van der Waals surface area contributed by atoms with Gasteiger partial charge in [0.2, 0.25) is 0 Å². The van der Waals surface area contributed by atoms with Crippen molar-refractivity contribution in [1.82, 2.24) is 0 Å². The molecule has 0 heterocycles. The Balaban J connectivity index is 1.93. The van der Waals surface area contributed by atoms with Crippen LogP contribution in [0.1, 0.15) is 0 Å². The molecule has 0 nitrogen and oxygen atoms in total. The number of benzene rings is 4. The van der Waals surface area contributed by atoms with Crippen molar-refractivity contribution in [1.29, 1.82) is 0 Å². The lowest BCUT2D eigenvalue weighted by molar-refractivity contribution is 1.55. The average molecular weight is 385 g/mol. The first kappa shape index (κ1) is 15.9. The third-order valence-electron chi connectivity index (χ3n) is 4.36. The average Bonchev–Trinajstić information content (AvgIpc) is 2.69. The summed E-state index contributed by atoms with van der Waals surface area (Å²) in [5.41, 5.74) is 7.46. The van der Waals surface area contributed by atoms with Crippen molar-refractivity contribution in [3.05, 3.63) is 108 Å². The topological polar surface area (TPSA) is 0 Å². The Morgan fingerprint density at radius 2 is 0.880 bits per heavy atom. The molecule has 0 unspecified atom stereocenters. The standard InChI is InChI=1S/C24H17Br/c25-20-12-8-11-19(17-20)22-14-5-7-16-24(22)23-15-6-4-13-21(23)18-9-2-1-3-10-18/h1-17H. The minimum absolute atomic E-state index is 1.09. The Hall–Kier alpha value is -2.64. The largest absolute Gasteiger partial charge is 0.0622 e. The predicted octanol–water partition coefficient (Wildman–Crippen LogP) is 7.45. The quantitative estimate of drug-likeness (QED) is 0.344. The summed E-state index contributed by atoms with van der Waals surface area (Å²) >= 11 is 3.59. The van der Waals surface area contributed by atoms with E-state index < -0.39 is 0 Å². The molecule has 0 N–H and O–H groups in total. The fourth-order valence-electron chi connectivity index (χ4n) is 3.21. The molecule has 0 bridgehead atoms. The Labute approximate surface area is 156 Å². The van der Waals surface area contributed by atoms with Gasteiger partial charge in [0.05, 0.1) is 0 Å². The van der Waals surface area contributed by atoms with Crippen molar-refractivity contribution in [2.75, 3.05) is 0 Å². The molecule has 0 aliphatic carbocycles. The lowest BCUT2D eigenvalue weighted by Gasteiger charge is -2.15. The molecule has 0 saturated carbocycles. The van der Waals surface area contributed by atoms with Crippen LogP contribution in [0.15, 0.2) is 108 Å².